The van der Waals surface area contributed by atoms with Gasteiger partial charge in [0.1, 0.15) is 6.04 Å². The fourth-order valence-corrected chi connectivity index (χ4v) is 2.20. The first-order valence-electron chi connectivity index (χ1n) is 6.51. The molecular weight excluding hydrogens is 236 g/mol. The van der Waals surface area contributed by atoms with Crippen molar-refractivity contribution in [3.05, 3.63) is 0 Å². The third-order valence-electron chi connectivity index (χ3n) is 3.51. The molecule has 2 aliphatic rings. The molecule has 1 saturated carbocycles. The zero-order valence-electron chi connectivity index (χ0n) is 10.4. The number of nitrogens with one attached hydrogen (secondary N) is 2. The smallest absolute Gasteiger partial charge is 0.326 e. The van der Waals surface area contributed by atoms with Crippen LogP contribution in [0, 0.1) is 11.8 Å². The number of carbonyl (C=O) groups is 2. The summed E-state index contributed by atoms with van der Waals surface area (Å²) < 4.78 is 5.24. The zero-order valence-corrected chi connectivity index (χ0v) is 10.4. The van der Waals surface area contributed by atoms with Gasteiger partial charge in [-0.05, 0) is 37.5 Å². The third-order valence-corrected chi connectivity index (χ3v) is 3.51. The van der Waals surface area contributed by atoms with Gasteiger partial charge in [0.2, 0.25) is 0 Å². The fraction of sp³-hybridized carbons (Fsp3) is 0.833. The van der Waals surface area contributed by atoms with Crippen LogP contribution < -0.4 is 10.6 Å². The summed E-state index contributed by atoms with van der Waals surface area (Å²) in [5.74, 6) is -0.322. The molecule has 2 rings (SSSR count). The van der Waals surface area contributed by atoms with E-state index in [4.69, 9.17) is 9.84 Å². The maximum atomic E-state index is 11.5. The second-order valence-electron chi connectivity index (χ2n) is 5.07. The first-order chi connectivity index (χ1) is 8.66. The summed E-state index contributed by atoms with van der Waals surface area (Å²) in [5, 5.41) is 14.2. The molecule has 0 spiro atoms. The lowest BCUT2D eigenvalue weighted by Crippen LogP contribution is -2.47. The van der Waals surface area contributed by atoms with Crippen LogP contribution in [0.15, 0.2) is 0 Å². The Morgan fingerprint density at radius 1 is 1.33 bits per heavy atom. The van der Waals surface area contributed by atoms with Crippen LogP contribution in [0.4, 0.5) is 4.79 Å². The van der Waals surface area contributed by atoms with Crippen LogP contribution >= 0.6 is 0 Å². The van der Waals surface area contributed by atoms with Crippen molar-refractivity contribution in [3.63, 3.8) is 0 Å². The van der Waals surface area contributed by atoms with Gasteiger partial charge in [-0.25, -0.2) is 9.59 Å². The standard InChI is InChI=1S/C12H20N2O4/c15-11(16)10(9-1-2-9)14-12(17)13-5-3-8-4-6-18-7-8/h8-10H,1-7H2,(H,15,16)(H2,13,14,17). The lowest BCUT2D eigenvalue weighted by atomic mass is 10.1. The molecule has 2 fully saturated rings. The Hall–Kier alpha value is -1.30. The molecule has 2 amide bonds. The van der Waals surface area contributed by atoms with Gasteiger partial charge in [-0.2, -0.15) is 0 Å². The highest BCUT2D eigenvalue weighted by molar-refractivity contribution is 5.83. The van der Waals surface area contributed by atoms with Gasteiger partial charge in [0.05, 0.1) is 0 Å². The van der Waals surface area contributed by atoms with Gasteiger partial charge in [0, 0.05) is 19.8 Å². The van der Waals surface area contributed by atoms with Crippen molar-refractivity contribution in [1.82, 2.24) is 10.6 Å². The summed E-state index contributed by atoms with van der Waals surface area (Å²) in [4.78, 5) is 22.5. The van der Waals surface area contributed by atoms with Gasteiger partial charge in [-0.1, -0.05) is 0 Å². The van der Waals surface area contributed by atoms with Crippen molar-refractivity contribution in [2.24, 2.45) is 11.8 Å². The highest BCUT2D eigenvalue weighted by Gasteiger charge is 2.37. The SMILES string of the molecule is O=C(NCCC1CCOC1)NC(C(=O)O)C1CC1. The number of aliphatic carboxylic acids is 1. The summed E-state index contributed by atoms with van der Waals surface area (Å²) in [5.41, 5.74) is 0. The number of amides is 2. The maximum absolute atomic E-state index is 11.5. The Morgan fingerprint density at radius 2 is 2.11 bits per heavy atom. The van der Waals surface area contributed by atoms with E-state index < -0.39 is 12.0 Å². The molecule has 18 heavy (non-hydrogen) atoms. The number of carboxylic acid groups (broad SMARTS) is 1. The monoisotopic (exact) mass is 256 g/mol. The average molecular weight is 256 g/mol. The minimum absolute atomic E-state index is 0.108. The molecule has 0 bridgehead atoms. The Labute approximate surface area is 106 Å². The van der Waals surface area contributed by atoms with Crippen molar-refractivity contribution >= 4 is 12.0 Å². The molecule has 0 aromatic heterocycles. The van der Waals surface area contributed by atoms with Crippen molar-refractivity contribution in [2.75, 3.05) is 19.8 Å². The number of hydrogen-bond donors (Lipinski definition) is 3. The van der Waals surface area contributed by atoms with Crippen LogP contribution in [-0.2, 0) is 9.53 Å². The molecule has 1 saturated heterocycles. The van der Waals surface area contributed by atoms with Gasteiger partial charge in [-0.3, -0.25) is 0 Å². The van der Waals surface area contributed by atoms with Gasteiger partial charge >= 0.3 is 12.0 Å². The van der Waals surface area contributed by atoms with Crippen LogP contribution in [0.25, 0.3) is 0 Å². The molecule has 0 aromatic carbocycles. The first-order valence-corrected chi connectivity index (χ1v) is 6.51. The van der Waals surface area contributed by atoms with Crippen molar-refractivity contribution in [3.8, 4) is 0 Å². The second kappa shape index (κ2) is 6.04. The lowest BCUT2D eigenvalue weighted by molar-refractivity contribution is -0.139. The molecule has 3 N–H and O–H groups in total. The molecule has 2 unspecified atom stereocenters. The van der Waals surface area contributed by atoms with Crippen LogP contribution in [0.5, 0.6) is 0 Å². The highest BCUT2D eigenvalue weighted by atomic mass is 16.5. The normalized spacial score (nSPS) is 24.6. The molecule has 102 valence electrons. The Kier molecular flexibility index (Phi) is 4.41. The summed E-state index contributed by atoms with van der Waals surface area (Å²) in [6.07, 6.45) is 3.70. The van der Waals surface area contributed by atoms with E-state index in [1.54, 1.807) is 0 Å². The van der Waals surface area contributed by atoms with E-state index in [9.17, 15) is 9.59 Å². The van der Waals surface area contributed by atoms with Crippen molar-refractivity contribution < 1.29 is 19.4 Å². The molecule has 1 aliphatic carbocycles. The summed E-state index contributed by atoms with van der Waals surface area (Å²) in [6, 6.07) is -1.12. The molecule has 1 heterocycles. The predicted octanol–water partition coefficient (Wildman–Crippen LogP) is 0.575. The second-order valence-corrected chi connectivity index (χ2v) is 5.07. The fourth-order valence-electron chi connectivity index (χ4n) is 2.20. The number of ether oxygens (including phenoxy) is 1. The minimum Gasteiger partial charge on any atom is -0.480 e. The zero-order chi connectivity index (χ0) is 13.0. The minimum atomic E-state index is -0.947. The maximum Gasteiger partial charge on any atom is 0.326 e. The van der Waals surface area contributed by atoms with Gasteiger partial charge in [0.15, 0.2) is 0 Å². The van der Waals surface area contributed by atoms with Gasteiger partial charge in [0.25, 0.3) is 0 Å². The number of urea groups is 1. The van der Waals surface area contributed by atoms with Crippen LogP contribution in [-0.4, -0.2) is 42.9 Å². The predicted molar refractivity (Wildman–Crippen MR) is 64.2 cm³/mol. The van der Waals surface area contributed by atoms with E-state index >= 15 is 0 Å². The van der Waals surface area contributed by atoms with Crippen molar-refractivity contribution in [2.45, 2.75) is 31.7 Å². The van der Waals surface area contributed by atoms with E-state index in [-0.39, 0.29) is 11.9 Å². The molecule has 0 radical (unpaired) electrons. The molecular formula is C12H20N2O4. The van der Waals surface area contributed by atoms with E-state index in [1.807, 2.05) is 0 Å². The molecule has 1 aliphatic heterocycles. The Balaban J connectivity index is 1.62. The van der Waals surface area contributed by atoms with E-state index in [0.717, 1.165) is 38.9 Å². The van der Waals surface area contributed by atoms with Gasteiger partial charge < -0.3 is 20.5 Å². The number of rotatable bonds is 6. The van der Waals surface area contributed by atoms with Crippen LogP contribution in [0.2, 0.25) is 0 Å². The highest BCUT2D eigenvalue weighted by Crippen LogP contribution is 2.32. The summed E-state index contributed by atoms with van der Waals surface area (Å²) in [7, 11) is 0. The number of carboxylic acids is 1. The van der Waals surface area contributed by atoms with Gasteiger partial charge in [-0.15, -0.1) is 0 Å². The van der Waals surface area contributed by atoms with Crippen LogP contribution in [0.1, 0.15) is 25.7 Å². The van der Waals surface area contributed by atoms with E-state index in [2.05, 4.69) is 10.6 Å². The third kappa shape index (κ3) is 3.87. The van der Waals surface area contributed by atoms with E-state index in [0.29, 0.717) is 12.5 Å². The van der Waals surface area contributed by atoms with E-state index in [1.165, 1.54) is 0 Å². The largest absolute Gasteiger partial charge is 0.480 e. The lowest BCUT2D eigenvalue weighted by Gasteiger charge is -2.15. The van der Waals surface area contributed by atoms with Crippen molar-refractivity contribution in [1.29, 1.82) is 0 Å². The first kappa shape index (κ1) is 13.1. The summed E-state index contributed by atoms with van der Waals surface area (Å²) >= 11 is 0. The Bertz CT molecular complexity index is 311. The molecule has 2 atom stereocenters. The number of carbonyl (C=O) groups excluding carboxylic acids is 1. The molecule has 6 nitrogen and oxygen atoms in total. The quantitative estimate of drug-likeness (QED) is 0.648. The summed E-state index contributed by atoms with van der Waals surface area (Å²) in [6.45, 7) is 2.14. The topological polar surface area (TPSA) is 87.7 Å². The molecule has 6 heteroatoms. The Morgan fingerprint density at radius 3 is 2.67 bits per heavy atom. The molecule has 0 aromatic rings. The average Bonchev–Trinajstić information content (AvgIpc) is 3.03. The number of hydrogen-bond acceptors (Lipinski definition) is 3. The van der Waals surface area contributed by atoms with Crippen LogP contribution in [0.3, 0.4) is 0 Å².